The fourth-order valence-electron chi connectivity index (χ4n) is 2.49. The number of hydrogen-bond donors (Lipinski definition) is 0. The summed E-state index contributed by atoms with van der Waals surface area (Å²) in [6.07, 6.45) is -11.1. The molecule has 0 aliphatic rings. The summed E-state index contributed by atoms with van der Waals surface area (Å²) in [4.78, 5) is 0. The Labute approximate surface area is 165 Å². The Balaban J connectivity index is 0.00000288. The van der Waals surface area contributed by atoms with Crippen LogP contribution < -0.4 is 0 Å². The summed E-state index contributed by atoms with van der Waals surface area (Å²) in [5.74, 6) is 0. The van der Waals surface area contributed by atoms with Gasteiger partial charge in [0.05, 0.1) is 0 Å². The third-order valence-corrected chi connectivity index (χ3v) is 3.62. The van der Waals surface area contributed by atoms with Crippen molar-refractivity contribution in [2.45, 2.75) is 17.8 Å². The second-order valence-electron chi connectivity index (χ2n) is 5.14. The van der Waals surface area contributed by atoms with Gasteiger partial charge in [0.15, 0.2) is 0 Å². The fraction of sp³-hybridized carbons (Fsp3) is 0.176. The summed E-state index contributed by atoms with van der Waals surface area (Å²) in [7, 11) is 0. The van der Waals surface area contributed by atoms with Crippen molar-refractivity contribution in [1.82, 2.24) is 0 Å². The molecular weight excluding hydrogens is 420 g/mol. The van der Waals surface area contributed by atoms with Crippen molar-refractivity contribution >= 4 is 0 Å². The van der Waals surface area contributed by atoms with Gasteiger partial charge >= 0.3 is 12.4 Å². The van der Waals surface area contributed by atoms with Crippen LogP contribution in [0.25, 0.3) is 0 Å². The summed E-state index contributed by atoms with van der Waals surface area (Å²) in [5, 5.41) is 0. The van der Waals surface area contributed by atoms with E-state index in [0.717, 1.165) is 48.5 Å². The Morgan fingerprint density at radius 1 is 0.520 bits per heavy atom. The maximum Gasteiger partial charge on any atom is 0.411 e. The molecule has 0 amide bonds. The third-order valence-electron chi connectivity index (χ3n) is 3.62. The molecule has 0 saturated carbocycles. The van der Waals surface area contributed by atoms with Crippen molar-refractivity contribution in [2.24, 2.45) is 0 Å². The molecule has 0 unspecified atom stereocenters. The van der Waals surface area contributed by atoms with E-state index in [4.69, 9.17) is 0 Å². The zero-order chi connectivity index (χ0) is 17.5. The van der Waals surface area contributed by atoms with Gasteiger partial charge < -0.3 is 0 Å². The number of halogens is 6. The van der Waals surface area contributed by atoms with Crippen molar-refractivity contribution in [3.05, 3.63) is 84.6 Å². The van der Waals surface area contributed by atoms with Gasteiger partial charge in [-0.25, -0.2) is 0 Å². The average Bonchev–Trinajstić information content (AvgIpc) is 2.40. The van der Waals surface area contributed by atoms with Gasteiger partial charge in [0, 0.05) is 37.1 Å². The first-order valence-corrected chi connectivity index (χ1v) is 6.48. The average molecular weight is 432 g/mol. The minimum Gasteiger partial charge on any atom is -0.199 e. The topological polar surface area (TPSA) is 0 Å². The maximum atomic E-state index is 13.7. The van der Waals surface area contributed by atoms with Crippen molar-refractivity contribution in [2.75, 3.05) is 0 Å². The molecule has 0 saturated heterocycles. The quantitative estimate of drug-likeness (QED) is 0.437. The summed E-state index contributed by atoms with van der Waals surface area (Å²) in [6.45, 7) is 6.96. The number of hydrogen-bond acceptors (Lipinski definition) is 0. The van der Waals surface area contributed by atoms with E-state index in [1.54, 1.807) is 0 Å². The molecule has 0 heterocycles. The molecule has 8 heteroatoms. The van der Waals surface area contributed by atoms with Gasteiger partial charge in [-0.15, -0.1) is 24.3 Å². The molecule has 0 nitrogen and oxygen atoms in total. The molecule has 0 aromatic heterocycles. The van der Waals surface area contributed by atoms with Crippen LogP contribution in [0.3, 0.4) is 0 Å². The SMILES string of the molecule is [CH2-]c1ccc(C(c2ccc([CH2-])cc2)(C(F)(F)F)C(F)(F)F)cc1.[V].[V]. The Bertz CT molecular complexity index is 611. The van der Waals surface area contributed by atoms with Crippen molar-refractivity contribution in [1.29, 1.82) is 0 Å². The second kappa shape index (κ2) is 8.09. The van der Waals surface area contributed by atoms with E-state index in [1.165, 1.54) is 0 Å². The van der Waals surface area contributed by atoms with Crippen LogP contribution >= 0.6 is 0 Å². The molecule has 0 spiro atoms. The van der Waals surface area contributed by atoms with Crippen LogP contribution in [0.15, 0.2) is 48.5 Å². The van der Waals surface area contributed by atoms with Crippen LogP contribution in [-0.4, -0.2) is 12.4 Å². The van der Waals surface area contributed by atoms with Crippen molar-refractivity contribution < 1.29 is 63.5 Å². The first-order valence-electron chi connectivity index (χ1n) is 6.48. The molecule has 0 aliphatic heterocycles. The van der Waals surface area contributed by atoms with E-state index in [1.807, 2.05) is 0 Å². The normalized spacial score (nSPS) is 12.1. The van der Waals surface area contributed by atoms with Crippen LogP contribution in [0.5, 0.6) is 0 Å². The Hall–Kier alpha value is -1.07. The summed E-state index contributed by atoms with van der Waals surface area (Å²) < 4.78 is 82.2. The van der Waals surface area contributed by atoms with E-state index in [9.17, 15) is 26.3 Å². The van der Waals surface area contributed by atoms with E-state index in [-0.39, 0.29) is 37.1 Å². The van der Waals surface area contributed by atoms with E-state index in [0.29, 0.717) is 11.1 Å². The standard InChI is InChI=1S/C17H12F6.2V/c1-11-3-7-13(8-4-11)15(16(18,19)20,17(21,22)23)14-9-5-12(2)6-10-14;;/h3-10H,1-2H2;;/q-2;;. The molecule has 0 bridgehead atoms. The van der Waals surface area contributed by atoms with Crippen LogP contribution in [0, 0.1) is 13.8 Å². The predicted molar refractivity (Wildman–Crippen MR) is 74.7 cm³/mol. The Morgan fingerprint density at radius 3 is 0.960 bits per heavy atom. The zero-order valence-corrected chi connectivity index (χ0v) is 15.5. The van der Waals surface area contributed by atoms with Crippen molar-refractivity contribution in [3.63, 3.8) is 0 Å². The molecular formula is C17H12F6V2-2. The molecule has 0 N–H and O–H groups in total. The van der Waals surface area contributed by atoms with Crippen LogP contribution in [0.1, 0.15) is 22.3 Å². The molecule has 134 valence electrons. The molecule has 2 radical (unpaired) electrons. The molecule has 25 heavy (non-hydrogen) atoms. The number of benzene rings is 2. The van der Waals surface area contributed by atoms with Gasteiger partial charge in [0.25, 0.3) is 0 Å². The molecule has 0 atom stereocenters. The second-order valence-corrected chi connectivity index (χ2v) is 5.14. The van der Waals surface area contributed by atoms with Gasteiger partial charge in [-0.2, -0.15) is 75.6 Å². The predicted octanol–water partition coefficient (Wildman–Crippen LogP) is 5.46. The van der Waals surface area contributed by atoms with Gasteiger partial charge in [-0.1, -0.05) is 0 Å². The maximum absolute atomic E-state index is 13.7. The van der Waals surface area contributed by atoms with E-state index >= 15 is 0 Å². The van der Waals surface area contributed by atoms with Gasteiger partial charge in [-0.3, -0.25) is 0 Å². The van der Waals surface area contributed by atoms with Gasteiger partial charge in [0.1, 0.15) is 0 Å². The first-order chi connectivity index (χ1) is 10.5. The smallest absolute Gasteiger partial charge is 0.199 e. The van der Waals surface area contributed by atoms with Crippen LogP contribution in [0.4, 0.5) is 26.3 Å². The third kappa shape index (κ3) is 4.20. The molecule has 2 rings (SSSR count). The Morgan fingerprint density at radius 2 is 0.760 bits per heavy atom. The largest absolute Gasteiger partial charge is 0.411 e. The van der Waals surface area contributed by atoms with Gasteiger partial charge in [-0.05, 0) is 11.1 Å². The number of rotatable bonds is 2. The summed E-state index contributed by atoms with van der Waals surface area (Å²) >= 11 is 0. The van der Waals surface area contributed by atoms with E-state index < -0.39 is 28.9 Å². The van der Waals surface area contributed by atoms with Crippen molar-refractivity contribution in [3.8, 4) is 0 Å². The van der Waals surface area contributed by atoms with E-state index in [2.05, 4.69) is 13.8 Å². The zero-order valence-electron chi connectivity index (χ0n) is 12.7. The number of alkyl halides is 6. The summed E-state index contributed by atoms with van der Waals surface area (Å²) in [5.41, 5.74) is -5.27. The van der Waals surface area contributed by atoms with Gasteiger partial charge in [0.2, 0.25) is 5.41 Å². The molecule has 0 aliphatic carbocycles. The van der Waals surface area contributed by atoms with Crippen LogP contribution in [-0.2, 0) is 42.5 Å². The Kier molecular flexibility index (Phi) is 7.74. The van der Waals surface area contributed by atoms with Crippen LogP contribution in [0.2, 0.25) is 0 Å². The molecule has 2 aromatic carbocycles. The molecule has 0 fully saturated rings. The molecule has 2 aromatic rings. The first kappa shape index (κ1) is 23.9. The minimum atomic E-state index is -5.57. The summed E-state index contributed by atoms with van der Waals surface area (Å²) in [6, 6.07) is 7.72. The minimum absolute atomic E-state index is 0. The fourth-order valence-corrected chi connectivity index (χ4v) is 2.49. The monoisotopic (exact) mass is 432 g/mol.